The van der Waals surface area contributed by atoms with Gasteiger partial charge < -0.3 is 4.74 Å². The minimum atomic E-state index is -4.85. The second-order valence-corrected chi connectivity index (χ2v) is 4.08. The lowest BCUT2D eigenvalue weighted by Gasteiger charge is -2.18. The lowest BCUT2D eigenvalue weighted by Crippen LogP contribution is -2.21. The van der Waals surface area contributed by atoms with Crippen LogP contribution in [0, 0.1) is 10.1 Å². The van der Waals surface area contributed by atoms with Crippen LogP contribution in [-0.2, 0) is 6.54 Å². The standard InChI is InChI=1S/C12H13F3N2O3/c1-3-6-16(2)8-9-7-10(17(18)19)4-5-11(9)20-12(13,14)15/h3-5,7H,1,6,8H2,2H3. The maximum atomic E-state index is 12.3. The SMILES string of the molecule is C=CCN(C)Cc1cc([N+](=O)[O-])ccc1OC(F)(F)F. The van der Waals surface area contributed by atoms with Gasteiger partial charge in [-0.15, -0.1) is 19.8 Å². The van der Waals surface area contributed by atoms with E-state index in [1.54, 1.807) is 18.0 Å². The second kappa shape index (κ2) is 6.38. The van der Waals surface area contributed by atoms with E-state index in [9.17, 15) is 23.3 Å². The van der Waals surface area contributed by atoms with Crippen LogP contribution in [0.3, 0.4) is 0 Å². The number of nitrogens with zero attached hydrogens (tertiary/aromatic N) is 2. The molecule has 0 aliphatic rings. The zero-order chi connectivity index (χ0) is 15.3. The number of nitro groups is 1. The van der Waals surface area contributed by atoms with E-state index in [1.165, 1.54) is 0 Å². The number of halogens is 3. The summed E-state index contributed by atoms with van der Waals surface area (Å²) in [6.07, 6.45) is -3.27. The van der Waals surface area contributed by atoms with Gasteiger partial charge in [-0.25, -0.2) is 0 Å². The Morgan fingerprint density at radius 3 is 2.65 bits per heavy atom. The second-order valence-electron chi connectivity index (χ2n) is 4.08. The molecular formula is C12H13F3N2O3. The molecule has 8 heteroatoms. The van der Waals surface area contributed by atoms with Gasteiger partial charge in [0.2, 0.25) is 0 Å². The van der Waals surface area contributed by atoms with Crippen molar-refractivity contribution in [3.63, 3.8) is 0 Å². The molecule has 1 rings (SSSR count). The first-order valence-electron chi connectivity index (χ1n) is 5.55. The number of alkyl halides is 3. The van der Waals surface area contributed by atoms with Crippen molar-refractivity contribution < 1.29 is 22.8 Å². The van der Waals surface area contributed by atoms with E-state index < -0.39 is 17.0 Å². The fourth-order valence-electron chi connectivity index (χ4n) is 1.60. The van der Waals surface area contributed by atoms with Crippen LogP contribution in [0.2, 0.25) is 0 Å². The third-order valence-corrected chi connectivity index (χ3v) is 2.36. The van der Waals surface area contributed by atoms with Crippen LogP contribution in [0.1, 0.15) is 5.56 Å². The normalized spacial score (nSPS) is 11.4. The summed E-state index contributed by atoms with van der Waals surface area (Å²) >= 11 is 0. The first-order valence-corrected chi connectivity index (χ1v) is 5.55. The van der Waals surface area contributed by atoms with Gasteiger partial charge in [0, 0.05) is 30.8 Å². The smallest absolute Gasteiger partial charge is 0.405 e. The molecule has 0 aliphatic heterocycles. The molecule has 0 aromatic heterocycles. The monoisotopic (exact) mass is 290 g/mol. The molecule has 0 saturated carbocycles. The maximum Gasteiger partial charge on any atom is 0.573 e. The summed E-state index contributed by atoms with van der Waals surface area (Å²) in [7, 11) is 1.65. The van der Waals surface area contributed by atoms with Gasteiger partial charge in [0.25, 0.3) is 5.69 Å². The van der Waals surface area contributed by atoms with Crippen molar-refractivity contribution in [3.8, 4) is 5.75 Å². The average molecular weight is 290 g/mol. The highest BCUT2D eigenvalue weighted by Crippen LogP contribution is 2.30. The lowest BCUT2D eigenvalue weighted by atomic mass is 10.1. The van der Waals surface area contributed by atoms with Crippen LogP contribution < -0.4 is 4.74 Å². The number of likely N-dealkylation sites (N-methyl/N-ethyl adjacent to an activating group) is 1. The molecule has 0 N–H and O–H groups in total. The first-order chi connectivity index (χ1) is 9.23. The van der Waals surface area contributed by atoms with Gasteiger partial charge in [0.15, 0.2) is 0 Å². The Kier molecular flexibility index (Phi) is 5.09. The Bertz CT molecular complexity index is 503. The van der Waals surface area contributed by atoms with Gasteiger partial charge in [-0.1, -0.05) is 6.08 Å². The van der Waals surface area contributed by atoms with E-state index in [-0.39, 0.29) is 17.8 Å². The molecule has 0 saturated heterocycles. The molecule has 0 heterocycles. The Morgan fingerprint density at radius 1 is 1.50 bits per heavy atom. The predicted molar refractivity (Wildman–Crippen MR) is 66.3 cm³/mol. The highest BCUT2D eigenvalue weighted by atomic mass is 19.4. The summed E-state index contributed by atoms with van der Waals surface area (Å²) in [5, 5.41) is 10.7. The maximum absolute atomic E-state index is 12.3. The van der Waals surface area contributed by atoms with Gasteiger partial charge in [-0.05, 0) is 13.1 Å². The molecule has 0 aliphatic carbocycles. The largest absolute Gasteiger partial charge is 0.573 e. The summed E-state index contributed by atoms with van der Waals surface area (Å²) in [5.41, 5.74) is -0.206. The van der Waals surface area contributed by atoms with Crippen molar-refractivity contribution in [3.05, 3.63) is 46.5 Å². The molecule has 0 bridgehead atoms. The predicted octanol–water partition coefficient (Wildman–Crippen LogP) is 3.11. The number of benzene rings is 1. The zero-order valence-electron chi connectivity index (χ0n) is 10.7. The Labute approximate surface area is 113 Å². The third-order valence-electron chi connectivity index (χ3n) is 2.36. The summed E-state index contributed by atoms with van der Waals surface area (Å²) in [6, 6.07) is 2.99. The van der Waals surface area contributed by atoms with Crippen LogP contribution >= 0.6 is 0 Å². The van der Waals surface area contributed by atoms with E-state index in [0.717, 1.165) is 18.2 Å². The van der Waals surface area contributed by atoms with Gasteiger partial charge >= 0.3 is 6.36 Å². The number of hydrogen-bond acceptors (Lipinski definition) is 4. The van der Waals surface area contributed by atoms with E-state index in [1.807, 2.05) is 0 Å². The van der Waals surface area contributed by atoms with E-state index >= 15 is 0 Å². The van der Waals surface area contributed by atoms with E-state index in [2.05, 4.69) is 11.3 Å². The molecule has 0 atom stereocenters. The third kappa shape index (κ3) is 4.88. The zero-order valence-corrected chi connectivity index (χ0v) is 10.7. The van der Waals surface area contributed by atoms with Crippen molar-refractivity contribution in [2.24, 2.45) is 0 Å². The number of non-ortho nitro benzene ring substituents is 1. The summed E-state index contributed by atoms with van der Waals surface area (Å²) < 4.78 is 40.7. The number of hydrogen-bond donors (Lipinski definition) is 0. The van der Waals surface area contributed by atoms with Crippen LogP contribution in [0.25, 0.3) is 0 Å². The minimum Gasteiger partial charge on any atom is -0.405 e. The Morgan fingerprint density at radius 2 is 2.15 bits per heavy atom. The number of ether oxygens (including phenoxy) is 1. The number of nitro benzene ring substituents is 1. The van der Waals surface area contributed by atoms with Gasteiger partial charge in [0.1, 0.15) is 5.75 Å². The van der Waals surface area contributed by atoms with Crippen molar-refractivity contribution >= 4 is 5.69 Å². The molecule has 0 spiro atoms. The fourth-order valence-corrected chi connectivity index (χ4v) is 1.60. The summed E-state index contributed by atoms with van der Waals surface area (Å²) in [5.74, 6) is -0.445. The lowest BCUT2D eigenvalue weighted by molar-refractivity contribution is -0.385. The quantitative estimate of drug-likeness (QED) is 0.459. The van der Waals surface area contributed by atoms with Crippen molar-refractivity contribution in [1.82, 2.24) is 4.90 Å². The number of rotatable bonds is 6. The summed E-state index contributed by atoms with van der Waals surface area (Å²) in [4.78, 5) is 11.6. The van der Waals surface area contributed by atoms with Gasteiger partial charge in [0.05, 0.1) is 4.92 Å². The molecule has 0 unspecified atom stereocenters. The molecule has 1 aromatic rings. The highest BCUT2D eigenvalue weighted by Gasteiger charge is 2.32. The van der Waals surface area contributed by atoms with Crippen LogP contribution in [-0.4, -0.2) is 29.8 Å². The van der Waals surface area contributed by atoms with Gasteiger partial charge in [-0.3, -0.25) is 15.0 Å². The van der Waals surface area contributed by atoms with Crippen LogP contribution in [0.15, 0.2) is 30.9 Å². The Hall–Kier alpha value is -2.09. The molecule has 110 valence electrons. The van der Waals surface area contributed by atoms with Crippen molar-refractivity contribution in [1.29, 1.82) is 0 Å². The molecule has 0 fully saturated rings. The topological polar surface area (TPSA) is 55.6 Å². The van der Waals surface area contributed by atoms with E-state index in [0.29, 0.717) is 6.54 Å². The average Bonchev–Trinajstić information content (AvgIpc) is 2.29. The molecule has 20 heavy (non-hydrogen) atoms. The molecule has 0 amide bonds. The Balaban J connectivity index is 3.09. The van der Waals surface area contributed by atoms with Crippen molar-refractivity contribution in [2.75, 3.05) is 13.6 Å². The molecule has 5 nitrogen and oxygen atoms in total. The molecule has 1 aromatic carbocycles. The van der Waals surface area contributed by atoms with Crippen molar-refractivity contribution in [2.45, 2.75) is 12.9 Å². The van der Waals surface area contributed by atoms with Gasteiger partial charge in [-0.2, -0.15) is 0 Å². The molecule has 0 radical (unpaired) electrons. The highest BCUT2D eigenvalue weighted by molar-refractivity contribution is 5.43. The van der Waals surface area contributed by atoms with Crippen LogP contribution in [0.4, 0.5) is 18.9 Å². The first kappa shape index (κ1) is 16.0. The van der Waals surface area contributed by atoms with Crippen LogP contribution in [0.5, 0.6) is 5.75 Å². The van der Waals surface area contributed by atoms with E-state index in [4.69, 9.17) is 0 Å². The molecular weight excluding hydrogens is 277 g/mol. The fraction of sp³-hybridized carbons (Fsp3) is 0.333. The summed E-state index contributed by atoms with van der Waals surface area (Å²) in [6.45, 7) is 4.00. The minimum absolute atomic E-state index is 0.0686.